The van der Waals surface area contributed by atoms with Crippen molar-refractivity contribution in [2.45, 2.75) is 77.6 Å². The Morgan fingerprint density at radius 3 is 1.67 bits per heavy atom. The van der Waals surface area contributed by atoms with E-state index in [4.69, 9.17) is 5.11 Å². The Morgan fingerprint density at radius 2 is 1.20 bits per heavy atom. The molecule has 88 valence electrons. The first-order valence-electron chi connectivity index (χ1n) is 6.53. The first-order valence-corrected chi connectivity index (χ1v) is 6.53. The quantitative estimate of drug-likeness (QED) is 0.411. The van der Waals surface area contributed by atoms with E-state index in [-0.39, 0.29) is 0 Å². The molecule has 0 rings (SSSR count). The Bertz CT molecular complexity index is 164. The zero-order chi connectivity index (χ0) is 11.2. The van der Waals surface area contributed by atoms with Crippen molar-refractivity contribution in [1.82, 2.24) is 0 Å². The van der Waals surface area contributed by atoms with Crippen LogP contribution in [0.2, 0.25) is 0 Å². The molecule has 0 aromatic rings. The third kappa shape index (κ3) is 13.4. The molecule has 0 bridgehead atoms. The summed E-state index contributed by atoms with van der Waals surface area (Å²) in [5, 5.41) is 8.25. The van der Waals surface area contributed by atoms with Gasteiger partial charge in [-0.1, -0.05) is 70.6 Å². The smallest absolute Gasteiger partial charge is 0.107 e. The molecule has 1 heteroatoms. The van der Waals surface area contributed by atoms with Crippen LogP contribution in [-0.4, -0.2) is 5.11 Å². The molecule has 0 fully saturated rings. The minimum absolute atomic E-state index is 0.854. The first-order chi connectivity index (χ1) is 7.41. The highest BCUT2D eigenvalue weighted by Crippen LogP contribution is 2.10. The van der Waals surface area contributed by atoms with Crippen molar-refractivity contribution in [3.8, 4) is 12.0 Å². The van der Waals surface area contributed by atoms with Crippen molar-refractivity contribution >= 4 is 0 Å². The molecule has 0 spiro atoms. The zero-order valence-corrected chi connectivity index (χ0v) is 10.2. The van der Waals surface area contributed by atoms with E-state index in [2.05, 4.69) is 12.8 Å². The van der Waals surface area contributed by atoms with E-state index < -0.39 is 0 Å². The normalized spacial score (nSPS) is 9.67. The molecule has 1 N–H and O–H groups in total. The van der Waals surface area contributed by atoms with Crippen molar-refractivity contribution in [1.29, 1.82) is 0 Å². The van der Waals surface area contributed by atoms with E-state index in [1.165, 1.54) is 57.8 Å². The third-order valence-electron chi connectivity index (χ3n) is 2.73. The minimum Gasteiger partial charge on any atom is -0.462 e. The van der Waals surface area contributed by atoms with Gasteiger partial charge < -0.3 is 5.11 Å². The molecule has 0 radical (unpaired) electrons. The van der Waals surface area contributed by atoms with Crippen LogP contribution in [0.1, 0.15) is 77.6 Å². The Morgan fingerprint density at radius 1 is 0.733 bits per heavy atom. The fourth-order valence-corrected chi connectivity index (χ4v) is 1.76. The second kappa shape index (κ2) is 13.4. The summed E-state index contributed by atoms with van der Waals surface area (Å²) in [6.07, 6.45) is 16.3. The summed E-state index contributed by atoms with van der Waals surface area (Å²) in [5.74, 6) is 2.68. The number of unbranched alkanes of at least 4 members (excludes halogenated alkanes) is 10. The van der Waals surface area contributed by atoms with E-state index in [0.717, 1.165) is 12.8 Å². The zero-order valence-electron chi connectivity index (χ0n) is 10.2. The summed E-state index contributed by atoms with van der Waals surface area (Å²) in [5.41, 5.74) is 0. The molecule has 0 aromatic carbocycles. The van der Waals surface area contributed by atoms with Gasteiger partial charge in [0.1, 0.15) is 6.11 Å². The Labute approximate surface area is 95.3 Å². The SMILES string of the molecule is CCCCCCCCCCCCC#CO. The number of hydrogen-bond acceptors (Lipinski definition) is 1. The summed E-state index contributed by atoms with van der Waals surface area (Å²) in [6.45, 7) is 2.26. The molecule has 0 atom stereocenters. The lowest BCUT2D eigenvalue weighted by Crippen LogP contribution is -1.81. The van der Waals surface area contributed by atoms with Gasteiger partial charge in [0.2, 0.25) is 0 Å². The van der Waals surface area contributed by atoms with Crippen LogP contribution in [0.15, 0.2) is 0 Å². The van der Waals surface area contributed by atoms with Gasteiger partial charge in [-0.25, -0.2) is 0 Å². The molecule has 0 unspecified atom stereocenters. The molecule has 0 heterocycles. The van der Waals surface area contributed by atoms with E-state index in [9.17, 15) is 0 Å². The molecule has 0 aromatic heterocycles. The maximum absolute atomic E-state index is 8.25. The molecule has 0 aliphatic rings. The van der Waals surface area contributed by atoms with E-state index in [1.54, 1.807) is 0 Å². The molecule has 1 nitrogen and oxygen atoms in total. The number of aliphatic hydroxyl groups excluding tert-OH is 1. The molecule has 0 aliphatic heterocycles. The van der Waals surface area contributed by atoms with Crippen LogP contribution in [-0.2, 0) is 0 Å². The van der Waals surface area contributed by atoms with E-state index in [1.807, 2.05) is 6.11 Å². The van der Waals surface area contributed by atoms with Crippen LogP contribution in [0.3, 0.4) is 0 Å². The lowest BCUT2D eigenvalue weighted by atomic mass is 10.1. The van der Waals surface area contributed by atoms with Gasteiger partial charge in [0.15, 0.2) is 0 Å². The topological polar surface area (TPSA) is 20.2 Å². The fourth-order valence-electron chi connectivity index (χ4n) is 1.76. The number of aliphatic hydroxyl groups is 1. The van der Waals surface area contributed by atoms with Crippen molar-refractivity contribution in [2.75, 3.05) is 0 Å². The predicted molar refractivity (Wildman–Crippen MR) is 66.2 cm³/mol. The van der Waals surface area contributed by atoms with Gasteiger partial charge in [0.25, 0.3) is 0 Å². The van der Waals surface area contributed by atoms with Crippen LogP contribution in [0.25, 0.3) is 0 Å². The fraction of sp³-hybridized carbons (Fsp3) is 0.857. The lowest BCUT2D eigenvalue weighted by molar-refractivity contribution is 0.515. The molecule has 0 amide bonds. The molecule has 15 heavy (non-hydrogen) atoms. The van der Waals surface area contributed by atoms with Crippen LogP contribution >= 0.6 is 0 Å². The maximum atomic E-state index is 8.25. The standard InChI is InChI=1S/C14H26O/c1-2-3-4-5-6-7-8-9-10-11-12-13-14-15/h15H,2-12H2,1H3. The Balaban J connectivity index is 2.88. The minimum atomic E-state index is 0.854. The van der Waals surface area contributed by atoms with Crippen molar-refractivity contribution < 1.29 is 5.11 Å². The lowest BCUT2D eigenvalue weighted by Gasteiger charge is -2.00. The summed E-state index contributed by atoms with van der Waals surface area (Å²) in [4.78, 5) is 0. The molecular weight excluding hydrogens is 184 g/mol. The van der Waals surface area contributed by atoms with Gasteiger partial charge in [0, 0.05) is 6.42 Å². The van der Waals surface area contributed by atoms with Gasteiger partial charge in [-0.15, -0.1) is 0 Å². The molecular formula is C14H26O. The maximum Gasteiger partial charge on any atom is 0.107 e. The predicted octanol–water partition coefficient (Wildman–Crippen LogP) is 4.63. The summed E-state index contributed by atoms with van der Waals surface area (Å²) in [6, 6.07) is 0. The summed E-state index contributed by atoms with van der Waals surface area (Å²) < 4.78 is 0. The third-order valence-corrected chi connectivity index (χ3v) is 2.73. The summed E-state index contributed by atoms with van der Waals surface area (Å²) >= 11 is 0. The van der Waals surface area contributed by atoms with Crippen LogP contribution in [0.5, 0.6) is 0 Å². The highest BCUT2D eigenvalue weighted by atomic mass is 16.2. The van der Waals surface area contributed by atoms with Crippen molar-refractivity contribution in [2.24, 2.45) is 0 Å². The van der Waals surface area contributed by atoms with Gasteiger partial charge in [-0.2, -0.15) is 0 Å². The van der Waals surface area contributed by atoms with Gasteiger partial charge in [-0.3, -0.25) is 0 Å². The monoisotopic (exact) mass is 210 g/mol. The Hall–Kier alpha value is -0.640. The second-order valence-corrected chi connectivity index (χ2v) is 4.22. The van der Waals surface area contributed by atoms with Gasteiger partial charge in [-0.05, 0) is 6.42 Å². The van der Waals surface area contributed by atoms with Crippen LogP contribution < -0.4 is 0 Å². The summed E-state index contributed by atoms with van der Waals surface area (Å²) in [7, 11) is 0. The van der Waals surface area contributed by atoms with Crippen LogP contribution in [0, 0.1) is 12.0 Å². The number of hydrogen-bond donors (Lipinski definition) is 1. The first kappa shape index (κ1) is 14.4. The largest absolute Gasteiger partial charge is 0.462 e. The highest BCUT2D eigenvalue weighted by molar-refractivity contribution is 4.88. The van der Waals surface area contributed by atoms with Gasteiger partial charge in [0.05, 0.1) is 0 Å². The van der Waals surface area contributed by atoms with Crippen molar-refractivity contribution in [3.05, 3.63) is 0 Å². The average molecular weight is 210 g/mol. The second-order valence-electron chi connectivity index (χ2n) is 4.22. The average Bonchev–Trinajstić information content (AvgIpc) is 2.26. The molecule has 0 aliphatic carbocycles. The van der Waals surface area contributed by atoms with E-state index >= 15 is 0 Å². The Kier molecular flexibility index (Phi) is 12.8. The van der Waals surface area contributed by atoms with Crippen molar-refractivity contribution in [3.63, 3.8) is 0 Å². The highest BCUT2D eigenvalue weighted by Gasteiger charge is 1.91. The van der Waals surface area contributed by atoms with E-state index in [0.29, 0.717) is 0 Å². The number of rotatable bonds is 10. The van der Waals surface area contributed by atoms with Gasteiger partial charge >= 0.3 is 0 Å². The molecule has 0 saturated heterocycles. The molecule has 0 saturated carbocycles. The van der Waals surface area contributed by atoms with Crippen LogP contribution in [0.4, 0.5) is 0 Å².